The van der Waals surface area contributed by atoms with Crippen molar-refractivity contribution in [3.05, 3.63) is 29.8 Å². The van der Waals surface area contributed by atoms with E-state index < -0.39 is 0 Å². The highest BCUT2D eigenvalue weighted by molar-refractivity contribution is 8.11. The highest BCUT2D eigenvalue weighted by Crippen LogP contribution is 2.40. The highest BCUT2D eigenvalue weighted by atomic mass is 32.2. The molecule has 1 aromatic carbocycles. The summed E-state index contributed by atoms with van der Waals surface area (Å²) >= 11 is 6.39. The van der Waals surface area contributed by atoms with Gasteiger partial charge in [0.1, 0.15) is 0 Å². The Morgan fingerprint density at radius 1 is 1.00 bits per heavy atom. The lowest BCUT2D eigenvalue weighted by Crippen LogP contribution is -2.14. The van der Waals surface area contributed by atoms with E-state index in [4.69, 9.17) is 0 Å². The lowest BCUT2D eigenvalue weighted by atomic mass is 9.87. The van der Waals surface area contributed by atoms with E-state index in [9.17, 15) is 0 Å². The second-order valence-electron chi connectivity index (χ2n) is 5.29. The Kier molecular flexibility index (Phi) is 3.83. The third kappa shape index (κ3) is 4.12. The SMILES string of the molecule is CC(C)(S)Sc1ccccc1C(C)(C)C. The van der Waals surface area contributed by atoms with E-state index in [-0.39, 0.29) is 9.49 Å². The Balaban J connectivity index is 3.08. The van der Waals surface area contributed by atoms with Crippen LogP contribution in [-0.2, 0) is 5.41 Å². The first-order valence-corrected chi connectivity index (χ1v) is 6.47. The Morgan fingerprint density at radius 2 is 1.53 bits per heavy atom. The van der Waals surface area contributed by atoms with Crippen LogP contribution in [0.2, 0.25) is 0 Å². The lowest BCUT2D eigenvalue weighted by molar-refractivity contribution is 0.578. The van der Waals surface area contributed by atoms with Gasteiger partial charge in [-0.25, -0.2) is 0 Å². The normalized spacial score (nSPS) is 12.9. The first-order chi connectivity index (χ1) is 6.70. The summed E-state index contributed by atoms with van der Waals surface area (Å²) in [5.41, 5.74) is 1.60. The maximum atomic E-state index is 4.57. The van der Waals surface area contributed by atoms with Gasteiger partial charge in [-0.3, -0.25) is 0 Å². The molecular weight excluding hydrogens is 220 g/mol. The quantitative estimate of drug-likeness (QED) is 0.442. The van der Waals surface area contributed by atoms with Gasteiger partial charge in [0.25, 0.3) is 0 Å². The molecule has 0 saturated heterocycles. The second-order valence-corrected chi connectivity index (χ2v) is 8.38. The third-order valence-electron chi connectivity index (χ3n) is 2.05. The van der Waals surface area contributed by atoms with Crippen molar-refractivity contribution in [2.24, 2.45) is 0 Å². The van der Waals surface area contributed by atoms with Crippen molar-refractivity contribution in [3.8, 4) is 0 Å². The number of benzene rings is 1. The average molecular weight is 240 g/mol. The molecule has 0 heterocycles. The maximum Gasteiger partial charge on any atom is 0.0572 e. The van der Waals surface area contributed by atoms with E-state index in [0.29, 0.717) is 0 Å². The summed E-state index contributed by atoms with van der Waals surface area (Å²) < 4.78 is -0.0264. The predicted molar refractivity (Wildman–Crippen MR) is 74.1 cm³/mol. The first-order valence-electron chi connectivity index (χ1n) is 5.21. The highest BCUT2D eigenvalue weighted by Gasteiger charge is 2.21. The fourth-order valence-corrected chi connectivity index (χ4v) is 2.91. The summed E-state index contributed by atoms with van der Waals surface area (Å²) in [6.45, 7) is 11.0. The number of thiol groups is 1. The number of hydrogen-bond acceptors (Lipinski definition) is 2. The summed E-state index contributed by atoms with van der Waals surface area (Å²) in [6, 6.07) is 8.60. The molecule has 0 aliphatic heterocycles. The van der Waals surface area contributed by atoms with Gasteiger partial charge in [0.2, 0.25) is 0 Å². The fourth-order valence-electron chi connectivity index (χ4n) is 1.44. The van der Waals surface area contributed by atoms with Crippen LogP contribution in [0.25, 0.3) is 0 Å². The monoisotopic (exact) mass is 240 g/mol. The van der Waals surface area contributed by atoms with Crippen molar-refractivity contribution in [3.63, 3.8) is 0 Å². The van der Waals surface area contributed by atoms with Crippen LogP contribution in [0, 0.1) is 0 Å². The summed E-state index contributed by atoms with van der Waals surface area (Å²) in [6.07, 6.45) is 0. The fraction of sp³-hybridized carbons (Fsp3) is 0.538. The van der Waals surface area contributed by atoms with Crippen molar-refractivity contribution >= 4 is 24.4 Å². The molecule has 1 rings (SSSR count). The van der Waals surface area contributed by atoms with Gasteiger partial charge in [-0.15, -0.1) is 11.8 Å². The minimum Gasteiger partial charge on any atom is -0.162 e. The van der Waals surface area contributed by atoms with Gasteiger partial charge >= 0.3 is 0 Å². The molecule has 0 fully saturated rings. The van der Waals surface area contributed by atoms with E-state index in [1.54, 1.807) is 0 Å². The summed E-state index contributed by atoms with van der Waals surface area (Å²) in [5, 5.41) is 0. The molecule has 0 bridgehead atoms. The molecule has 0 N–H and O–H groups in total. The molecule has 0 aromatic heterocycles. The van der Waals surface area contributed by atoms with E-state index in [1.807, 2.05) is 11.8 Å². The van der Waals surface area contributed by atoms with Gasteiger partial charge in [0.15, 0.2) is 0 Å². The van der Waals surface area contributed by atoms with E-state index in [1.165, 1.54) is 10.5 Å². The molecule has 84 valence electrons. The molecule has 2 heteroatoms. The van der Waals surface area contributed by atoms with Gasteiger partial charge < -0.3 is 0 Å². The molecule has 0 amide bonds. The Bertz CT molecular complexity index is 329. The van der Waals surface area contributed by atoms with Gasteiger partial charge in [0.05, 0.1) is 4.08 Å². The van der Waals surface area contributed by atoms with Crippen molar-refractivity contribution in [1.82, 2.24) is 0 Å². The number of hydrogen-bond donors (Lipinski definition) is 1. The van der Waals surface area contributed by atoms with Crippen molar-refractivity contribution in [2.45, 2.75) is 49.0 Å². The van der Waals surface area contributed by atoms with Crippen LogP contribution >= 0.6 is 24.4 Å². The molecule has 1 aromatic rings. The predicted octanol–water partition coefficient (Wildman–Crippen LogP) is 4.74. The van der Waals surface area contributed by atoms with Gasteiger partial charge in [0, 0.05) is 4.90 Å². The number of thioether (sulfide) groups is 1. The van der Waals surface area contributed by atoms with Crippen LogP contribution in [0.4, 0.5) is 0 Å². The maximum absolute atomic E-state index is 4.57. The molecule has 0 aliphatic carbocycles. The minimum atomic E-state index is -0.0264. The first kappa shape index (κ1) is 13.0. The Labute approximate surface area is 103 Å². The standard InChI is InChI=1S/C13H20S2/c1-12(2,3)10-8-6-7-9-11(10)15-13(4,5)14/h6-9,14H,1-5H3. The molecule has 0 atom stereocenters. The zero-order chi connectivity index (χ0) is 11.7. The molecule has 0 radical (unpaired) electrons. The van der Waals surface area contributed by atoms with Crippen LogP contribution in [0.1, 0.15) is 40.2 Å². The van der Waals surface area contributed by atoms with E-state index >= 15 is 0 Å². The van der Waals surface area contributed by atoms with Crippen LogP contribution in [0.3, 0.4) is 0 Å². The van der Waals surface area contributed by atoms with Crippen molar-refractivity contribution in [2.75, 3.05) is 0 Å². The molecule has 0 aliphatic rings. The summed E-state index contributed by atoms with van der Waals surface area (Å²) in [7, 11) is 0. The largest absolute Gasteiger partial charge is 0.162 e. The molecule has 0 nitrogen and oxygen atoms in total. The lowest BCUT2D eigenvalue weighted by Gasteiger charge is -2.25. The van der Waals surface area contributed by atoms with Gasteiger partial charge in [-0.1, -0.05) is 39.0 Å². The van der Waals surface area contributed by atoms with Crippen LogP contribution in [0.5, 0.6) is 0 Å². The molecule has 0 unspecified atom stereocenters. The topological polar surface area (TPSA) is 0 Å². The van der Waals surface area contributed by atoms with Crippen LogP contribution in [0.15, 0.2) is 29.2 Å². The van der Waals surface area contributed by atoms with Gasteiger partial charge in [-0.05, 0) is 30.9 Å². The Hall–Kier alpha value is -0.0800. The zero-order valence-corrected chi connectivity index (χ0v) is 11.9. The van der Waals surface area contributed by atoms with E-state index in [0.717, 1.165) is 0 Å². The average Bonchev–Trinajstić information content (AvgIpc) is 1.99. The molecule has 0 saturated carbocycles. The minimum absolute atomic E-state index is 0.0264. The summed E-state index contributed by atoms with van der Waals surface area (Å²) in [4.78, 5) is 1.34. The zero-order valence-electron chi connectivity index (χ0n) is 10.2. The van der Waals surface area contributed by atoms with E-state index in [2.05, 4.69) is 71.5 Å². The van der Waals surface area contributed by atoms with Crippen molar-refractivity contribution < 1.29 is 0 Å². The van der Waals surface area contributed by atoms with Crippen molar-refractivity contribution in [1.29, 1.82) is 0 Å². The summed E-state index contributed by atoms with van der Waals surface area (Å²) in [5.74, 6) is 0. The van der Waals surface area contributed by atoms with Crippen LogP contribution < -0.4 is 0 Å². The number of rotatable bonds is 2. The Morgan fingerprint density at radius 3 is 2.00 bits per heavy atom. The molecular formula is C13H20S2. The third-order valence-corrected chi connectivity index (χ3v) is 3.40. The molecule has 0 spiro atoms. The van der Waals surface area contributed by atoms with Crippen LogP contribution in [-0.4, -0.2) is 4.08 Å². The molecule has 15 heavy (non-hydrogen) atoms. The van der Waals surface area contributed by atoms with Gasteiger partial charge in [-0.2, -0.15) is 12.6 Å². The second kappa shape index (κ2) is 4.42. The smallest absolute Gasteiger partial charge is 0.0572 e.